The Morgan fingerprint density at radius 1 is 0.844 bits per heavy atom. The van der Waals surface area contributed by atoms with Gasteiger partial charge in [0.25, 0.3) is 0 Å². The van der Waals surface area contributed by atoms with Crippen LogP contribution < -0.4 is 27.4 Å². The lowest BCUT2D eigenvalue weighted by molar-refractivity contribution is -0.142. The average molecular weight is 512 g/mol. The molecule has 0 radical (unpaired) electrons. The van der Waals surface area contributed by atoms with Crippen molar-refractivity contribution in [2.75, 3.05) is 29.8 Å². The summed E-state index contributed by atoms with van der Waals surface area (Å²) in [6, 6.07) is -4.19. The Bertz CT molecular complexity index is 655. The van der Waals surface area contributed by atoms with Crippen molar-refractivity contribution >= 4 is 65.8 Å². The van der Waals surface area contributed by atoms with E-state index in [0.717, 1.165) is 0 Å². The van der Waals surface area contributed by atoms with Crippen LogP contribution in [0.3, 0.4) is 0 Å². The maximum atomic E-state index is 12.8. The Morgan fingerprint density at radius 3 is 1.78 bits per heavy atom. The third-order valence-electron chi connectivity index (χ3n) is 4.32. The summed E-state index contributed by atoms with van der Waals surface area (Å²) in [5, 5.41) is 16.7. The lowest BCUT2D eigenvalue weighted by Gasteiger charge is -2.24. The molecule has 0 aliphatic carbocycles. The number of hydrogen-bond acceptors (Lipinski definition) is 9. The summed E-state index contributed by atoms with van der Waals surface area (Å²) in [4.78, 5) is 59.8. The second-order valence-corrected chi connectivity index (χ2v) is 9.22. The summed E-state index contributed by atoms with van der Waals surface area (Å²) in [6.07, 6.45) is 4.12. The minimum atomic E-state index is -1.17. The number of carboxylic acid groups (broad SMARTS) is 1. The van der Waals surface area contributed by atoms with Crippen LogP contribution in [0.2, 0.25) is 0 Å². The van der Waals surface area contributed by atoms with Gasteiger partial charge in [-0.2, -0.15) is 36.2 Å². The van der Waals surface area contributed by atoms with Gasteiger partial charge in [-0.05, 0) is 43.3 Å². The molecule has 32 heavy (non-hydrogen) atoms. The molecular weight excluding hydrogens is 478 g/mol. The van der Waals surface area contributed by atoms with E-state index in [1.165, 1.54) is 23.5 Å². The van der Waals surface area contributed by atoms with Crippen molar-refractivity contribution in [3.63, 3.8) is 0 Å². The number of carbonyl (C=O) groups excluding carboxylic acids is 4. The topological polar surface area (TPSA) is 194 Å². The molecule has 0 aromatic heterocycles. The molecule has 0 saturated carbocycles. The zero-order valence-electron chi connectivity index (χ0n) is 18.2. The number of thiol groups is 1. The van der Waals surface area contributed by atoms with Crippen LogP contribution in [0.15, 0.2) is 0 Å². The molecule has 4 unspecified atom stereocenters. The van der Waals surface area contributed by atoms with Gasteiger partial charge in [0, 0.05) is 12.2 Å². The third kappa shape index (κ3) is 12.4. The monoisotopic (exact) mass is 511 g/mol. The third-order valence-corrected chi connectivity index (χ3v) is 5.98. The summed E-state index contributed by atoms with van der Waals surface area (Å²) in [6.45, 7) is 0. The number of carboxylic acids is 1. The Morgan fingerprint density at radius 2 is 1.31 bits per heavy atom. The van der Waals surface area contributed by atoms with Gasteiger partial charge >= 0.3 is 5.97 Å². The van der Waals surface area contributed by atoms with Gasteiger partial charge in [0.05, 0.1) is 6.04 Å². The normalized spacial score (nSPS) is 14.5. The van der Waals surface area contributed by atoms with Crippen LogP contribution in [0, 0.1) is 0 Å². The minimum Gasteiger partial charge on any atom is -0.480 e. The smallest absolute Gasteiger partial charge is 0.326 e. The van der Waals surface area contributed by atoms with E-state index in [1.807, 2.05) is 12.5 Å². The molecule has 0 aliphatic rings. The van der Waals surface area contributed by atoms with Crippen molar-refractivity contribution in [2.24, 2.45) is 11.5 Å². The molecular formula is C18H33N5O6S3. The largest absolute Gasteiger partial charge is 0.480 e. The first-order valence-electron chi connectivity index (χ1n) is 9.83. The van der Waals surface area contributed by atoms with Gasteiger partial charge in [-0.15, -0.1) is 0 Å². The molecule has 0 aromatic rings. The molecule has 8 N–H and O–H groups in total. The van der Waals surface area contributed by atoms with E-state index in [-0.39, 0.29) is 31.4 Å². The van der Waals surface area contributed by atoms with Crippen molar-refractivity contribution in [3.05, 3.63) is 0 Å². The van der Waals surface area contributed by atoms with E-state index in [9.17, 15) is 29.1 Å². The highest BCUT2D eigenvalue weighted by molar-refractivity contribution is 7.98. The average Bonchev–Trinajstić information content (AvgIpc) is 2.74. The maximum Gasteiger partial charge on any atom is 0.326 e. The van der Waals surface area contributed by atoms with Crippen LogP contribution in [0.4, 0.5) is 0 Å². The molecule has 0 spiro atoms. The van der Waals surface area contributed by atoms with Gasteiger partial charge < -0.3 is 32.5 Å². The molecule has 0 heterocycles. The van der Waals surface area contributed by atoms with E-state index in [4.69, 9.17) is 11.5 Å². The molecule has 4 atom stereocenters. The lowest BCUT2D eigenvalue weighted by Crippen LogP contribution is -2.57. The second kappa shape index (κ2) is 16.9. The van der Waals surface area contributed by atoms with E-state index in [0.29, 0.717) is 11.5 Å². The van der Waals surface area contributed by atoms with E-state index >= 15 is 0 Å². The first-order chi connectivity index (χ1) is 15.1. The number of rotatable bonds is 17. The highest BCUT2D eigenvalue weighted by Gasteiger charge is 2.29. The molecule has 0 saturated heterocycles. The standard InChI is InChI=1S/C18H33N5O6S3/c1-31-7-5-11(21-15(25)10(19)3-4-14(20)24)16(26)23-13(9-30)17(27)22-12(18(28)29)6-8-32-2/h10-13,30H,3-9,19H2,1-2H3,(H2,20,24)(H,21,25)(H,22,27)(H,23,26)(H,28,29). The van der Waals surface area contributed by atoms with Crippen molar-refractivity contribution in [1.82, 2.24) is 16.0 Å². The Hall–Kier alpha value is -1.64. The Labute approximate surface area is 201 Å². The fourth-order valence-corrected chi connectivity index (χ4v) is 3.64. The molecule has 14 heteroatoms. The summed E-state index contributed by atoms with van der Waals surface area (Å²) in [5.41, 5.74) is 10.8. The van der Waals surface area contributed by atoms with Crippen molar-refractivity contribution in [2.45, 2.75) is 49.9 Å². The summed E-state index contributed by atoms with van der Waals surface area (Å²) in [5.74, 6) is -2.70. The molecule has 0 aliphatic heterocycles. The SMILES string of the molecule is CSCCC(NC(=O)C(CS)NC(=O)C(CCSC)NC(=O)C(N)CCC(N)=O)C(=O)O. The molecule has 0 aromatic carbocycles. The number of nitrogens with two attached hydrogens (primary N) is 2. The number of aliphatic carboxylic acids is 1. The van der Waals surface area contributed by atoms with Crippen LogP contribution in [-0.4, -0.2) is 88.6 Å². The number of thioether (sulfide) groups is 2. The van der Waals surface area contributed by atoms with Crippen LogP contribution in [0.1, 0.15) is 25.7 Å². The zero-order valence-corrected chi connectivity index (χ0v) is 20.7. The van der Waals surface area contributed by atoms with Gasteiger partial charge in [0.15, 0.2) is 0 Å². The van der Waals surface area contributed by atoms with Crippen LogP contribution >= 0.6 is 36.2 Å². The number of amides is 4. The fourth-order valence-electron chi connectivity index (χ4n) is 2.44. The second-order valence-electron chi connectivity index (χ2n) is 6.88. The van der Waals surface area contributed by atoms with Crippen LogP contribution in [0.5, 0.6) is 0 Å². The molecule has 4 amide bonds. The molecule has 11 nitrogen and oxygen atoms in total. The number of primary amides is 1. The minimum absolute atomic E-state index is 0.0341. The van der Waals surface area contributed by atoms with Gasteiger partial charge in [0.1, 0.15) is 18.1 Å². The quantitative estimate of drug-likeness (QED) is 0.114. The van der Waals surface area contributed by atoms with E-state index in [1.54, 1.807) is 0 Å². The predicted molar refractivity (Wildman–Crippen MR) is 130 cm³/mol. The lowest BCUT2D eigenvalue weighted by atomic mass is 10.1. The van der Waals surface area contributed by atoms with Gasteiger partial charge in [-0.1, -0.05) is 0 Å². The highest BCUT2D eigenvalue weighted by atomic mass is 32.2. The van der Waals surface area contributed by atoms with Gasteiger partial charge in [0.2, 0.25) is 23.6 Å². The van der Waals surface area contributed by atoms with Gasteiger partial charge in [-0.25, -0.2) is 4.79 Å². The van der Waals surface area contributed by atoms with Crippen molar-refractivity contribution in [3.8, 4) is 0 Å². The first kappa shape index (κ1) is 30.4. The van der Waals surface area contributed by atoms with Gasteiger partial charge in [-0.3, -0.25) is 19.2 Å². The number of carbonyl (C=O) groups is 5. The predicted octanol–water partition coefficient (Wildman–Crippen LogP) is -1.45. The summed E-state index contributed by atoms with van der Waals surface area (Å²) in [7, 11) is 0. The van der Waals surface area contributed by atoms with E-state index in [2.05, 4.69) is 28.6 Å². The van der Waals surface area contributed by atoms with E-state index < -0.39 is 53.8 Å². The Kier molecular flexibility index (Phi) is 16.1. The number of hydrogen-bond donors (Lipinski definition) is 7. The molecule has 184 valence electrons. The fraction of sp³-hybridized carbons (Fsp3) is 0.722. The first-order valence-corrected chi connectivity index (χ1v) is 13.3. The maximum absolute atomic E-state index is 12.8. The molecule has 0 bridgehead atoms. The highest BCUT2D eigenvalue weighted by Crippen LogP contribution is 2.05. The van der Waals surface area contributed by atoms with Crippen LogP contribution in [0.25, 0.3) is 0 Å². The Balaban J connectivity index is 5.13. The summed E-state index contributed by atoms with van der Waals surface area (Å²) >= 11 is 6.99. The van der Waals surface area contributed by atoms with Crippen molar-refractivity contribution in [1.29, 1.82) is 0 Å². The van der Waals surface area contributed by atoms with Crippen molar-refractivity contribution < 1.29 is 29.1 Å². The molecule has 0 fully saturated rings. The zero-order chi connectivity index (χ0) is 24.7. The number of nitrogens with one attached hydrogen (secondary N) is 3. The van der Waals surface area contributed by atoms with Crippen LogP contribution in [-0.2, 0) is 24.0 Å². The summed E-state index contributed by atoms with van der Waals surface area (Å²) < 4.78 is 0. The molecule has 0 rings (SSSR count).